The Morgan fingerprint density at radius 2 is 2.00 bits per heavy atom. The number of hydrogen-bond acceptors (Lipinski definition) is 7. The fourth-order valence-electron chi connectivity index (χ4n) is 1.50. The van der Waals surface area contributed by atoms with Gasteiger partial charge in [-0.05, 0) is 29.3 Å². The quantitative estimate of drug-likeness (QED) is 0.823. The van der Waals surface area contributed by atoms with E-state index in [0.717, 1.165) is 5.56 Å². The first-order valence-electron chi connectivity index (χ1n) is 5.66. The van der Waals surface area contributed by atoms with Gasteiger partial charge in [-0.25, -0.2) is 4.79 Å². The zero-order valence-corrected chi connectivity index (χ0v) is 11.4. The molecule has 104 valence electrons. The van der Waals surface area contributed by atoms with E-state index in [4.69, 9.17) is 17.3 Å². The highest BCUT2D eigenvalue weighted by Crippen LogP contribution is 2.10. The molecular formula is C12H12ClN5O2. The summed E-state index contributed by atoms with van der Waals surface area (Å²) in [6, 6.07) is 6.95. The van der Waals surface area contributed by atoms with Crippen molar-refractivity contribution < 1.29 is 9.53 Å². The number of benzene rings is 1. The van der Waals surface area contributed by atoms with Crippen LogP contribution >= 0.6 is 11.6 Å². The van der Waals surface area contributed by atoms with Gasteiger partial charge in [-0.3, -0.25) is 0 Å². The minimum atomic E-state index is -0.374. The topological polar surface area (TPSA) is 103 Å². The lowest BCUT2D eigenvalue weighted by molar-refractivity contribution is 0.0600. The van der Waals surface area contributed by atoms with Crippen LogP contribution in [0.2, 0.25) is 5.28 Å². The lowest BCUT2D eigenvalue weighted by Crippen LogP contribution is -2.07. The minimum absolute atomic E-state index is 0.0287. The standard InChI is InChI=1S/C12H12ClN5O2/c1-20-9(19)8-4-2-7(3-5-8)6-15-12-17-10(13)16-11(14)18-12/h2-5H,6H2,1H3,(H3,14,15,16,17,18). The number of carbonyl (C=O) groups excluding carboxylic acids is 1. The SMILES string of the molecule is COC(=O)c1ccc(CNc2nc(N)nc(Cl)n2)cc1. The van der Waals surface area contributed by atoms with E-state index in [-0.39, 0.29) is 17.2 Å². The molecule has 0 spiro atoms. The number of methoxy groups -OCH3 is 1. The van der Waals surface area contributed by atoms with Crippen LogP contribution in [0, 0.1) is 0 Å². The van der Waals surface area contributed by atoms with Crippen LogP contribution in [0.4, 0.5) is 11.9 Å². The van der Waals surface area contributed by atoms with Gasteiger partial charge < -0.3 is 15.8 Å². The van der Waals surface area contributed by atoms with Crippen LogP contribution in [0.5, 0.6) is 0 Å². The van der Waals surface area contributed by atoms with Crippen LogP contribution in [-0.4, -0.2) is 28.0 Å². The van der Waals surface area contributed by atoms with Gasteiger partial charge in [0.05, 0.1) is 12.7 Å². The Kier molecular flexibility index (Phi) is 4.31. The maximum Gasteiger partial charge on any atom is 0.337 e. The third-order valence-corrected chi connectivity index (χ3v) is 2.62. The minimum Gasteiger partial charge on any atom is -0.465 e. The van der Waals surface area contributed by atoms with Crippen LogP contribution in [0.15, 0.2) is 24.3 Å². The Balaban J connectivity index is 2.02. The molecule has 0 unspecified atom stereocenters. The van der Waals surface area contributed by atoms with E-state index in [2.05, 4.69) is 25.0 Å². The molecule has 2 aromatic rings. The summed E-state index contributed by atoms with van der Waals surface area (Å²) < 4.78 is 4.62. The first-order valence-corrected chi connectivity index (χ1v) is 6.04. The van der Waals surface area contributed by atoms with Crippen molar-refractivity contribution in [3.05, 3.63) is 40.7 Å². The number of anilines is 2. The number of halogens is 1. The number of esters is 1. The van der Waals surface area contributed by atoms with Gasteiger partial charge in [-0.1, -0.05) is 12.1 Å². The summed E-state index contributed by atoms with van der Waals surface area (Å²) >= 11 is 5.67. The predicted octanol–water partition coefficient (Wildman–Crippen LogP) is 1.51. The van der Waals surface area contributed by atoms with Gasteiger partial charge in [0.2, 0.25) is 17.2 Å². The summed E-state index contributed by atoms with van der Waals surface area (Å²) in [5.41, 5.74) is 6.89. The van der Waals surface area contributed by atoms with E-state index in [9.17, 15) is 4.79 Å². The van der Waals surface area contributed by atoms with Crippen molar-refractivity contribution >= 4 is 29.5 Å². The van der Waals surface area contributed by atoms with E-state index >= 15 is 0 Å². The summed E-state index contributed by atoms with van der Waals surface area (Å²) in [5.74, 6) is -0.0328. The van der Waals surface area contributed by atoms with Crippen LogP contribution < -0.4 is 11.1 Å². The number of nitrogen functional groups attached to an aromatic ring is 1. The number of hydrogen-bond donors (Lipinski definition) is 2. The number of aromatic nitrogens is 3. The molecule has 0 amide bonds. The number of nitrogens with one attached hydrogen (secondary N) is 1. The largest absolute Gasteiger partial charge is 0.465 e. The Labute approximate surface area is 120 Å². The highest BCUT2D eigenvalue weighted by molar-refractivity contribution is 6.28. The molecule has 20 heavy (non-hydrogen) atoms. The molecule has 1 heterocycles. The maximum atomic E-state index is 11.3. The Hall–Kier alpha value is -2.41. The van der Waals surface area contributed by atoms with Crippen molar-refractivity contribution in [3.8, 4) is 0 Å². The molecule has 0 aliphatic carbocycles. The Morgan fingerprint density at radius 1 is 1.30 bits per heavy atom. The molecule has 0 saturated carbocycles. The number of carbonyl (C=O) groups is 1. The van der Waals surface area contributed by atoms with E-state index in [1.807, 2.05) is 0 Å². The number of nitrogens with zero attached hydrogens (tertiary/aromatic N) is 3. The molecule has 8 heteroatoms. The van der Waals surface area contributed by atoms with E-state index in [1.54, 1.807) is 24.3 Å². The molecule has 0 saturated heterocycles. The van der Waals surface area contributed by atoms with Crippen molar-refractivity contribution in [1.29, 1.82) is 0 Å². The molecule has 7 nitrogen and oxygen atoms in total. The van der Waals surface area contributed by atoms with E-state index in [0.29, 0.717) is 18.1 Å². The van der Waals surface area contributed by atoms with Gasteiger partial charge in [-0.15, -0.1) is 0 Å². The number of nitrogens with two attached hydrogens (primary N) is 1. The molecule has 0 radical (unpaired) electrons. The molecule has 0 atom stereocenters. The molecule has 0 bridgehead atoms. The molecule has 0 aliphatic heterocycles. The molecule has 0 aliphatic rings. The fraction of sp³-hybridized carbons (Fsp3) is 0.167. The summed E-state index contributed by atoms with van der Waals surface area (Å²) in [6.07, 6.45) is 0. The lowest BCUT2D eigenvalue weighted by Gasteiger charge is -2.06. The van der Waals surface area contributed by atoms with Crippen LogP contribution in [-0.2, 0) is 11.3 Å². The van der Waals surface area contributed by atoms with Crippen LogP contribution in [0.1, 0.15) is 15.9 Å². The Bertz CT molecular complexity index is 597. The van der Waals surface area contributed by atoms with Gasteiger partial charge in [0.1, 0.15) is 0 Å². The third kappa shape index (κ3) is 3.55. The molecular weight excluding hydrogens is 282 g/mol. The second kappa shape index (κ2) is 6.16. The summed E-state index contributed by atoms with van der Waals surface area (Å²) in [6.45, 7) is 0.460. The first-order chi connectivity index (χ1) is 9.58. The number of ether oxygens (including phenoxy) is 1. The molecule has 1 aromatic carbocycles. The van der Waals surface area contributed by atoms with Gasteiger partial charge in [0.15, 0.2) is 0 Å². The normalized spacial score (nSPS) is 10.1. The fourth-order valence-corrected chi connectivity index (χ4v) is 1.67. The summed E-state index contributed by atoms with van der Waals surface area (Å²) in [5, 5.41) is 2.99. The molecule has 3 N–H and O–H groups in total. The predicted molar refractivity (Wildman–Crippen MR) is 74.4 cm³/mol. The van der Waals surface area contributed by atoms with Gasteiger partial charge in [0, 0.05) is 6.54 Å². The van der Waals surface area contributed by atoms with Crippen LogP contribution in [0.25, 0.3) is 0 Å². The Morgan fingerprint density at radius 3 is 2.60 bits per heavy atom. The van der Waals surface area contributed by atoms with Crippen molar-refractivity contribution in [3.63, 3.8) is 0 Å². The van der Waals surface area contributed by atoms with Crippen molar-refractivity contribution in [2.45, 2.75) is 6.54 Å². The second-order valence-electron chi connectivity index (χ2n) is 3.83. The number of rotatable bonds is 4. The average Bonchev–Trinajstić information content (AvgIpc) is 2.44. The summed E-state index contributed by atoms with van der Waals surface area (Å²) in [4.78, 5) is 22.7. The van der Waals surface area contributed by atoms with E-state index < -0.39 is 0 Å². The highest BCUT2D eigenvalue weighted by Gasteiger charge is 2.05. The molecule has 1 aromatic heterocycles. The van der Waals surface area contributed by atoms with Crippen molar-refractivity contribution in [1.82, 2.24) is 15.0 Å². The van der Waals surface area contributed by atoms with Gasteiger partial charge >= 0.3 is 5.97 Å². The van der Waals surface area contributed by atoms with Gasteiger partial charge in [-0.2, -0.15) is 15.0 Å². The van der Waals surface area contributed by atoms with Gasteiger partial charge in [0.25, 0.3) is 0 Å². The van der Waals surface area contributed by atoms with E-state index in [1.165, 1.54) is 7.11 Å². The zero-order valence-electron chi connectivity index (χ0n) is 10.6. The monoisotopic (exact) mass is 293 g/mol. The highest BCUT2D eigenvalue weighted by atomic mass is 35.5. The summed E-state index contributed by atoms with van der Waals surface area (Å²) in [7, 11) is 1.34. The third-order valence-electron chi connectivity index (χ3n) is 2.45. The smallest absolute Gasteiger partial charge is 0.337 e. The second-order valence-corrected chi connectivity index (χ2v) is 4.17. The molecule has 2 rings (SSSR count). The van der Waals surface area contributed by atoms with Crippen LogP contribution in [0.3, 0.4) is 0 Å². The maximum absolute atomic E-state index is 11.3. The molecule has 0 fully saturated rings. The van der Waals surface area contributed by atoms with Crippen molar-refractivity contribution in [2.75, 3.05) is 18.2 Å². The van der Waals surface area contributed by atoms with Crippen molar-refractivity contribution in [2.24, 2.45) is 0 Å². The first kappa shape index (κ1) is 14.0. The lowest BCUT2D eigenvalue weighted by atomic mass is 10.1. The zero-order chi connectivity index (χ0) is 14.5. The average molecular weight is 294 g/mol.